The third kappa shape index (κ3) is 1.56. The minimum absolute atomic E-state index is 0.0121. The number of halogens is 4. The van der Waals surface area contributed by atoms with Crippen LogP contribution >= 0.6 is 70.8 Å². The molecule has 2 bridgehead atoms. The molecule has 0 aliphatic heterocycles. The summed E-state index contributed by atoms with van der Waals surface area (Å²) in [6.45, 7) is 0. The van der Waals surface area contributed by atoms with Crippen LogP contribution in [0.15, 0.2) is 10.2 Å². The van der Waals surface area contributed by atoms with Crippen LogP contribution < -0.4 is 22.3 Å². The number of nitrogens with two attached hydrogens (primary N) is 2. The van der Waals surface area contributed by atoms with E-state index in [2.05, 4.69) is 21.1 Å². The van der Waals surface area contributed by atoms with E-state index in [1.165, 1.54) is 14.2 Å². The van der Waals surface area contributed by atoms with Crippen molar-refractivity contribution in [2.75, 3.05) is 14.2 Å². The molecule has 5 saturated carbocycles. The van der Waals surface area contributed by atoms with E-state index in [0.717, 1.165) is 0 Å². The predicted octanol–water partition coefficient (Wildman–Crippen LogP) is 0.797. The summed E-state index contributed by atoms with van der Waals surface area (Å²) in [7, 11) is 2.94. The molecule has 0 aromatic heterocycles. The summed E-state index contributed by atoms with van der Waals surface area (Å²) < 4.78 is 11.8. The Balaban J connectivity index is 1.81. The smallest absolute Gasteiger partial charge is 0.211 e. The van der Waals surface area contributed by atoms with Crippen LogP contribution in [0, 0.1) is 23.7 Å². The third-order valence-electron chi connectivity index (χ3n) is 7.37. The second-order valence-electron chi connectivity index (χ2n) is 7.81. The first-order valence-electron chi connectivity index (χ1n) is 8.59. The van der Waals surface area contributed by atoms with Gasteiger partial charge in [-0.05, 0) is 24.4 Å². The lowest BCUT2D eigenvalue weighted by atomic mass is 9.57. The Labute approximate surface area is 196 Å². The van der Waals surface area contributed by atoms with Crippen molar-refractivity contribution in [2.45, 2.75) is 25.3 Å². The molecular formula is C15H16Cl4N6O2S2. The standard InChI is InChI=1S/C15H16Cl4N6O2S2/c1-26-15(27-2)13(18)5-6-8(23-25-10(21)29)4-3(7(5)22-24-9(20)28)11(13,16)12(4,17)14(6,15)19/h3-6H,1-2H3,(H3,20,24,28)(H3,21,25,29)/b22-7-,23-8+. The molecule has 5 aliphatic rings. The van der Waals surface area contributed by atoms with Gasteiger partial charge in [0.05, 0.1) is 0 Å². The van der Waals surface area contributed by atoms with Crippen molar-refractivity contribution < 1.29 is 9.47 Å². The second kappa shape index (κ2) is 5.58. The number of fused-ring (bicyclic) bond motifs is 2. The Morgan fingerprint density at radius 1 is 0.793 bits per heavy atom. The van der Waals surface area contributed by atoms with E-state index in [-0.39, 0.29) is 22.1 Å². The molecule has 8 atom stereocenters. The largest absolute Gasteiger partial charge is 0.375 e. The number of hydrazone groups is 2. The van der Waals surface area contributed by atoms with Gasteiger partial charge in [-0.1, -0.05) is 0 Å². The highest BCUT2D eigenvalue weighted by Gasteiger charge is 3.11. The molecule has 29 heavy (non-hydrogen) atoms. The number of rotatable bonds is 4. The number of hydrogen-bond acceptors (Lipinski definition) is 6. The first-order chi connectivity index (χ1) is 13.5. The van der Waals surface area contributed by atoms with Crippen LogP contribution in [0.3, 0.4) is 0 Å². The molecule has 5 rings (SSSR count). The molecule has 8 unspecified atom stereocenters. The fraction of sp³-hybridized carbons (Fsp3) is 0.733. The zero-order chi connectivity index (χ0) is 21.4. The predicted molar refractivity (Wildman–Crippen MR) is 120 cm³/mol. The molecule has 6 N–H and O–H groups in total. The van der Waals surface area contributed by atoms with E-state index < -0.39 is 37.1 Å². The van der Waals surface area contributed by atoms with Gasteiger partial charge in [-0.3, -0.25) is 10.9 Å². The monoisotopic (exact) mass is 516 g/mol. The maximum Gasteiger partial charge on any atom is 0.211 e. The Morgan fingerprint density at radius 3 is 1.38 bits per heavy atom. The van der Waals surface area contributed by atoms with E-state index in [0.29, 0.717) is 11.4 Å². The van der Waals surface area contributed by atoms with Gasteiger partial charge in [0.15, 0.2) is 10.2 Å². The molecular weight excluding hydrogens is 502 g/mol. The Hall–Kier alpha value is -0.200. The number of methoxy groups -OCH3 is 2. The molecule has 14 heteroatoms. The Bertz CT molecular complexity index is 878. The summed E-state index contributed by atoms with van der Waals surface area (Å²) in [4.78, 5) is -5.06. The van der Waals surface area contributed by atoms with Crippen LogP contribution in [0.2, 0.25) is 0 Å². The minimum atomic E-state index is -1.50. The highest BCUT2D eigenvalue weighted by Crippen LogP contribution is 2.95. The van der Waals surface area contributed by atoms with Gasteiger partial charge in [-0.25, -0.2) is 0 Å². The van der Waals surface area contributed by atoms with Crippen LogP contribution in [-0.2, 0) is 9.47 Å². The van der Waals surface area contributed by atoms with Gasteiger partial charge < -0.3 is 20.9 Å². The number of nitrogens with one attached hydrogen (secondary N) is 2. The van der Waals surface area contributed by atoms with Crippen LogP contribution in [0.25, 0.3) is 0 Å². The van der Waals surface area contributed by atoms with Gasteiger partial charge in [-0.2, -0.15) is 10.2 Å². The van der Waals surface area contributed by atoms with Crippen LogP contribution in [-0.4, -0.2) is 61.2 Å². The van der Waals surface area contributed by atoms with Crippen molar-refractivity contribution in [2.24, 2.45) is 45.3 Å². The number of ether oxygens (including phenoxy) is 2. The summed E-state index contributed by atoms with van der Waals surface area (Å²) in [5.41, 5.74) is 17.8. The Morgan fingerprint density at radius 2 is 1.10 bits per heavy atom. The SMILES string of the molecule is COC1(OC)C2(Cl)C3/C(=N/NC(N)=S)C4C5/C(=N/NC(N)=S)C3C1(Cl)C5(Cl)C42Cl. The van der Waals surface area contributed by atoms with E-state index in [1.54, 1.807) is 0 Å². The fourth-order valence-electron chi connectivity index (χ4n) is 6.94. The van der Waals surface area contributed by atoms with Crippen molar-refractivity contribution in [1.29, 1.82) is 0 Å². The van der Waals surface area contributed by atoms with Crippen molar-refractivity contribution in [3.05, 3.63) is 0 Å². The topological polar surface area (TPSA) is 119 Å². The van der Waals surface area contributed by atoms with Crippen molar-refractivity contribution in [1.82, 2.24) is 10.9 Å². The fourth-order valence-corrected chi connectivity index (χ4v) is 10.3. The lowest BCUT2D eigenvalue weighted by Crippen LogP contribution is -2.73. The summed E-state index contributed by atoms with van der Waals surface area (Å²) in [5.74, 6) is -3.27. The molecule has 0 radical (unpaired) electrons. The summed E-state index contributed by atoms with van der Waals surface area (Å²) >= 11 is 39.0. The lowest BCUT2D eigenvalue weighted by Gasteiger charge is -2.58. The number of nitrogens with zero attached hydrogens (tertiary/aromatic N) is 2. The summed E-state index contributed by atoms with van der Waals surface area (Å²) in [6.07, 6.45) is 0. The molecule has 0 amide bonds. The van der Waals surface area contributed by atoms with Gasteiger partial charge in [0, 0.05) is 49.3 Å². The minimum Gasteiger partial charge on any atom is -0.375 e. The molecule has 158 valence electrons. The zero-order valence-electron chi connectivity index (χ0n) is 15.0. The third-order valence-corrected chi connectivity index (χ3v) is 11.1. The molecule has 8 nitrogen and oxygen atoms in total. The summed E-state index contributed by atoms with van der Waals surface area (Å²) in [6, 6.07) is 0. The first-order valence-corrected chi connectivity index (χ1v) is 10.9. The van der Waals surface area contributed by atoms with Gasteiger partial charge in [-0.15, -0.1) is 46.4 Å². The molecule has 0 heterocycles. The number of alkyl halides is 4. The normalized spacial score (nSPS) is 54.3. The van der Waals surface area contributed by atoms with Gasteiger partial charge >= 0.3 is 0 Å². The molecule has 0 aromatic carbocycles. The summed E-state index contributed by atoms with van der Waals surface area (Å²) in [5, 5.41) is 8.90. The highest BCUT2D eigenvalue weighted by atomic mass is 35.5. The van der Waals surface area contributed by atoms with Crippen LogP contribution in [0.4, 0.5) is 0 Å². The maximum absolute atomic E-state index is 7.34. The van der Waals surface area contributed by atoms with Gasteiger partial charge in [0.1, 0.15) is 19.5 Å². The molecule has 5 fully saturated rings. The van der Waals surface area contributed by atoms with Gasteiger partial charge in [0.25, 0.3) is 0 Å². The second-order valence-corrected chi connectivity index (χ2v) is 11.1. The number of thiocarbonyl (C=S) groups is 2. The highest BCUT2D eigenvalue weighted by molar-refractivity contribution is 7.80. The quantitative estimate of drug-likeness (QED) is 0.187. The lowest BCUT2D eigenvalue weighted by molar-refractivity contribution is -0.223. The van der Waals surface area contributed by atoms with Gasteiger partial charge in [0.2, 0.25) is 5.79 Å². The van der Waals surface area contributed by atoms with Crippen molar-refractivity contribution in [3.63, 3.8) is 0 Å². The number of hydrogen-bond donors (Lipinski definition) is 4. The molecule has 0 saturated heterocycles. The van der Waals surface area contributed by atoms with E-state index in [1.807, 2.05) is 0 Å². The Kier molecular flexibility index (Phi) is 3.98. The van der Waals surface area contributed by atoms with E-state index in [9.17, 15) is 0 Å². The van der Waals surface area contributed by atoms with Crippen LogP contribution in [0.1, 0.15) is 0 Å². The average Bonchev–Trinajstić information content (AvgIpc) is 2.96. The van der Waals surface area contributed by atoms with Crippen molar-refractivity contribution in [3.8, 4) is 0 Å². The first kappa shape index (κ1) is 20.7. The van der Waals surface area contributed by atoms with Crippen LogP contribution in [0.5, 0.6) is 0 Å². The molecule has 5 aliphatic carbocycles. The maximum atomic E-state index is 7.34. The van der Waals surface area contributed by atoms with E-state index in [4.69, 9.17) is 91.8 Å². The molecule has 0 aromatic rings. The van der Waals surface area contributed by atoms with E-state index >= 15 is 0 Å². The van der Waals surface area contributed by atoms with Crippen molar-refractivity contribution >= 4 is 92.5 Å². The average molecular weight is 518 g/mol. The molecule has 0 spiro atoms. The zero-order valence-corrected chi connectivity index (χ0v) is 19.7.